The first-order chi connectivity index (χ1) is 16.9. The molecule has 0 fully saturated rings. The average molecular weight is 483 g/mol. The van der Waals surface area contributed by atoms with Crippen molar-refractivity contribution in [3.8, 4) is 11.5 Å². The van der Waals surface area contributed by atoms with Gasteiger partial charge in [0.2, 0.25) is 5.89 Å². The summed E-state index contributed by atoms with van der Waals surface area (Å²) in [5.74, 6) is 2.02. The number of imidazole rings is 1. The van der Waals surface area contributed by atoms with E-state index in [2.05, 4.69) is 20.1 Å². The van der Waals surface area contributed by atoms with Crippen LogP contribution in [0.3, 0.4) is 0 Å². The third-order valence-electron chi connectivity index (χ3n) is 5.68. The van der Waals surface area contributed by atoms with E-state index in [0.717, 1.165) is 18.4 Å². The molecule has 0 saturated carbocycles. The van der Waals surface area contributed by atoms with Gasteiger partial charge in [-0.25, -0.2) is 9.78 Å². The van der Waals surface area contributed by atoms with Crippen molar-refractivity contribution in [2.24, 2.45) is 0 Å². The van der Waals surface area contributed by atoms with E-state index in [9.17, 15) is 14.7 Å². The SMILES string of the molecule is CCCCn1c(=O)n(CCCc2nc(Cc3ccc(O)c(OCC)c3)no2)c(=O)c2[nH]c(C)nc21. The van der Waals surface area contributed by atoms with Crippen molar-refractivity contribution in [1.29, 1.82) is 0 Å². The number of aromatic hydroxyl groups is 1. The van der Waals surface area contributed by atoms with Crippen LogP contribution in [0.4, 0.5) is 0 Å². The lowest BCUT2D eigenvalue weighted by Gasteiger charge is -2.10. The minimum Gasteiger partial charge on any atom is -0.504 e. The Morgan fingerprint density at radius 3 is 2.69 bits per heavy atom. The molecule has 0 aliphatic rings. The summed E-state index contributed by atoms with van der Waals surface area (Å²) in [6.45, 7) is 6.84. The summed E-state index contributed by atoms with van der Waals surface area (Å²) in [5.41, 5.74) is 0.901. The topological polar surface area (TPSA) is 141 Å². The van der Waals surface area contributed by atoms with Crippen molar-refractivity contribution in [3.63, 3.8) is 0 Å². The smallest absolute Gasteiger partial charge is 0.332 e. The first-order valence-corrected chi connectivity index (χ1v) is 11.9. The van der Waals surface area contributed by atoms with Gasteiger partial charge in [0.25, 0.3) is 5.56 Å². The monoisotopic (exact) mass is 482 g/mol. The molecule has 0 atom stereocenters. The summed E-state index contributed by atoms with van der Waals surface area (Å²) >= 11 is 0. The van der Waals surface area contributed by atoms with E-state index < -0.39 is 0 Å². The minimum atomic E-state index is -0.373. The highest BCUT2D eigenvalue weighted by molar-refractivity contribution is 5.69. The summed E-state index contributed by atoms with van der Waals surface area (Å²) < 4.78 is 13.6. The lowest BCUT2D eigenvalue weighted by atomic mass is 10.1. The number of rotatable bonds is 11. The van der Waals surface area contributed by atoms with Gasteiger partial charge in [-0.3, -0.25) is 13.9 Å². The molecule has 0 aliphatic heterocycles. The molecule has 3 aromatic heterocycles. The highest BCUT2D eigenvalue weighted by Crippen LogP contribution is 2.27. The van der Waals surface area contributed by atoms with E-state index in [1.807, 2.05) is 13.8 Å². The van der Waals surface area contributed by atoms with Crippen molar-refractivity contribution in [3.05, 3.63) is 62.1 Å². The van der Waals surface area contributed by atoms with Crippen molar-refractivity contribution in [2.75, 3.05) is 6.61 Å². The number of benzene rings is 1. The van der Waals surface area contributed by atoms with Crippen molar-refractivity contribution in [2.45, 2.75) is 66.0 Å². The molecule has 35 heavy (non-hydrogen) atoms. The summed E-state index contributed by atoms with van der Waals surface area (Å²) in [7, 11) is 0. The van der Waals surface area contributed by atoms with Crippen LogP contribution in [0.25, 0.3) is 11.2 Å². The van der Waals surface area contributed by atoms with Crippen LogP contribution in [-0.2, 0) is 25.9 Å². The summed E-state index contributed by atoms with van der Waals surface area (Å²) in [6, 6.07) is 5.10. The Morgan fingerprint density at radius 2 is 1.91 bits per heavy atom. The Balaban J connectivity index is 1.46. The molecule has 1 aromatic carbocycles. The van der Waals surface area contributed by atoms with Crippen LogP contribution in [-0.4, -0.2) is 41.0 Å². The molecule has 2 N–H and O–H groups in total. The standard InChI is InChI=1S/C24H30N6O5/c1-4-6-11-29-22-21(25-15(3)26-22)23(32)30(24(29)33)12-7-8-20-27-19(28-35-20)14-16-9-10-17(31)18(13-16)34-5-2/h9-10,13,31H,4-8,11-12,14H2,1-3H3,(H,25,26). The second-order valence-corrected chi connectivity index (χ2v) is 8.39. The number of aryl methyl sites for hydroxylation is 3. The summed E-state index contributed by atoms with van der Waals surface area (Å²) in [5, 5.41) is 13.9. The number of phenolic OH excluding ortho intramolecular Hbond substituents is 1. The predicted molar refractivity (Wildman–Crippen MR) is 129 cm³/mol. The molecule has 11 heteroatoms. The fraction of sp³-hybridized carbons (Fsp3) is 0.458. The van der Waals surface area contributed by atoms with E-state index in [1.165, 1.54) is 4.57 Å². The molecule has 186 valence electrons. The number of hydrogen-bond acceptors (Lipinski definition) is 8. The molecule has 11 nitrogen and oxygen atoms in total. The maximum absolute atomic E-state index is 13.1. The van der Waals surface area contributed by atoms with Gasteiger partial charge >= 0.3 is 5.69 Å². The lowest BCUT2D eigenvalue weighted by molar-refractivity contribution is 0.318. The van der Waals surface area contributed by atoms with Gasteiger partial charge < -0.3 is 19.4 Å². The van der Waals surface area contributed by atoms with Crippen LogP contribution >= 0.6 is 0 Å². The number of ether oxygens (including phenoxy) is 1. The average Bonchev–Trinajstić information content (AvgIpc) is 3.44. The maximum Gasteiger partial charge on any atom is 0.332 e. The molecule has 0 amide bonds. The molecule has 3 heterocycles. The van der Waals surface area contributed by atoms with Gasteiger partial charge in [-0.05, 0) is 44.4 Å². The van der Waals surface area contributed by atoms with Crippen LogP contribution in [0, 0.1) is 6.92 Å². The van der Waals surface area contributed by atoms with Gasteiger partial charge in [0.05, 0.1) is 6.61 Å². The van der Waals surface area contributed by atoms with Crippen molar-refractivity contribution >= 4 is 11.2 Å². The van der Waals surface area contributed by atoms with Crippen LogP contribution < -0.4 is 16.0 Å². The number of fused-ring (bicyclic) bond motifs is 1. The molecule has 4 aromatic rings. The number of nitrogens with zero attached hydrogens (tertiary/aromatic N) is 5. The largest absolute Gasteiger partial charge is 0.504 e. The molecule has 0 saturated heterocycles. The number of aromatic amines is 1. The Hall–Kier alpha value is -3.89. The summed E-state index contributed by atoms with van der Waals surface area (Å²) in [6.07, 6.45) is 3.07. The zero-order valence-electron chi connectivity index (χ0n) is 20.2. The number of H-pyrrole nitrogens is 1. The predicted octanol–water partition coefficient (Wildman–Crippen LogP) is 2.71. The number of aromatic nitrogens is 6. The molecule has 0 spiro atoms. The summed E-state index contributed by atoms with van der Waals surface area (Å²) in [4.78, 5) is 37.8. The number of phenols is 1. The first kappa shape index (κ1) is 24.2. The van der Waals surface area contributed by atoms with Gasteiger partial charge in [-0.2, -0.15) is 4.98 Å². The molecule has 4 rings (SSSR count). The number of hydrogen-bond donors (Lipinski definition) is 2. The van der Waals surface area contributed by atoms with Crippen molar-refractivity contribution in [1.82, 2.24) is 29.2 Å². The normalized spacial score (nSPS) is 11.4. The van der Waals surface area contributed by atoms with Crippen LogP contribution in [0.15, 0.2) is 32.3 Å². The Kier molecular flexibility index (Phi) is 7.33. The van der Waals surface area contributed by atoms with E-state index in [1.54, 1.807) is 29.7 Å². The number of unbranched alkanes of at least 4 members (excludes halogenated alkanes) is 1. The third kappa shape index (κ3) is 5.28. The van der Waals surface area contributed by atoms with E-state index in [-0.39, 0.29) is 23.5 Å². The van der Waals surface area contributed by atoms with Crippen LogP contribution in [0.5, 0.6) is 11.5 Å². The fourth-order valence-corrected chi connectivity index (χ4v) is 3.97. The first-order valence-electron chi connectivity index (χ1n) is 11.9. The second kappa shape index (κ2) is 10.6. The van der Waals surface area contributed by atoms with Crippen molar-refractivity contribution < 1.29 is 14.4 Å². The molecular formula is C24H30N6O5. The second-order valence-electron chi connectivity index (χ2n) is 8.39. The maximum atomic E-state index is 13.1. The van der Waals surface area contributed by atoms with Gasteiger partial charge in [-0.15, -0.1) is 0 Å². The lowest BCUT2D eigenvalue weighted by Crippen LogP contribution is -2.40. The number of nitrogens with one attached hydrogen (secondary N) is 1. The Morgan fingerprint density at radius 1 is 1.11 bits per heavy atom. The molecule has 0 radical (unpaired) electrons. The van der Waals surface area contributed by atoms with Gasteiger partial charge in [0.15, 0.2) is 23.0 Å². The minimum absolute atomic E-state index is 0.0804. The van der Waals surface area contributed by atoms with E-state index >= 15 is 0 Å². The Labute approximate surface area is 201 Å². The zero-order valence-corrected chi connectivity index (χ0v) is 20.2. The van der Waals surface area contributed by atoms with E-state index in [4.69, 9.17) is 9.26 Å². The highest BCUT2D eigenvalue weighted by atomic mass is 16.5. The Bertz CT molecular complexity index is 1430. The van der Waals surface area contributed by atoms with Crippen LogP contribution in [0.2, 0.25) is 0 Å². The molecular weight excluding hydrogens is 452 g/mol. The van der Waals surface area contributed by atoms with Crippen LogP contribution in [0.1, 0.15) is 56.2 Å². The molecule has 0 aliphatic carbocycles. The van der Waals surface area contributed by atoms with Gasteiger partial charge in [0.1, 0.15) is 11.3 Å². The van der Waals surface area contributed by atoms with Gasteiger partial charge in [-0.1, -0.05) is 24.6 Å². The van der Waals surface area contributed by atoms with E-state index in [0.29, 0.717) is 66.9 Å². The quantitative estimate of drug-likeness (QED) is 0.332. The molecule has 0 bridgehead atoms. The van der Waals surface area contributed by atoms with Gasteiger partial charge in [0, 0.05) is 25.9 Å². The third-order valence-corrected chi connectivity index (χ3v) is 5.68. The highest BCUT2D eigenvalue weighted by Gasteiger charge is 2.17. The molecule has 0 unspecified atom stereocenters. The zero-order chi connectivity index (χ0) is 24.9. The fourth-order valence-electron chi connectivity index (χ4n) is 3.97.